The largest absolute Gasteiger partial charge is 0.366 e. The minimum atomic E-state index is -0.0726. The van der Waals surface area contributed by atoms with Gasteiger partial charge < -0.3 is 4.74 Å². The number of alkyl halides is 1. The maximum Gasteiger partial charge on any atom is 0.130 e. The Morgan fingerprint density at radius 3 is 2.36 bits per heavy atom. The van der Waals surface area contributed by atoms with Gasteiger partial charge in [0.1, 0.15) is 5.56 Å². The molecule has 0 spiro atoms. The summed E-state index contributed by atoms with van der Waals surface area (Å²) in [5, 5.41) is 0. The van der Waals surface area contributed by atoms with E-state index in [-0.39, 0.29) is 5.56 Å². The van der Waals surface area contributed by atoms with E-state index in [2.05, 4.69) is 6.92 Å². The first-order valence-electron chi connectivity index (χ1n) is 4.48. The van der Waals surface area contributed by atoms with Crippen molar-refractivity contribution in [3.63, 3.8) is 0 Å². The summed E-state index contributed by atoms with van der Waals surface area (Å²) in [6.07, 6.45) is 7.46. The minimum Gasteiger partial charge on any atom is -0.366 e. The smallest absolute Gasteiger partial charge is 0.130 e. The number of methoxy groups -OCH3 is 1. The summed E-state index contributed by atoms with van der Waals surface area (Å²) in [4.78, 5) is 0. The van der Waals surface area contributed by atoms with E-state index in [0.717, 1.165) is 6.42 Å². The van der Waals surface area contributed by atoms with E-state index in [0.29, 0.717) is 0 Å². The second-order valence-electron chi connectivity index (χ2n) is 2.85. The highest BCUT2D eigenvalue weighted by Gasteiger charge is 1.99. The van der Waals surface area contributed by atoms with Crippen molar-refractivity contribution in [2.75, 3.05) is 7.11 Å². The van der Waals surface area contributed by atoms with Crippen LogP contribution in [0.25, 0.3) is 0 Å². The molecule has 0 saturated carbocycles. The van der Waals surface area contributed by atoms with E-state index in [1.165, 1.54) is 32.1 Å². The topological polar surface area (TPSA) is 9.23 Å². The van der Waals surface area contributed by atoms with Gasteiger partial charge in [-0.1, -0.05) is 44.2 Å². The Morgan fingerprint density at radius 2 is 1.82 bits per heavy atom. The van der Waals surface area contributed by atoms with Crippen molar-refractivity contribution in [1.82, 2.24) is 0 Å². The fraction of sp³-hybridized carbons (Fsp3) is 1.00. The molecule has 1 unspecified atom stereocenters. The van der Waals surface area contributed by atoms with Crippen LogP contribution >= 0.6 is 11.6 Å². The average molecular weight is 179 g/mol. The van der Waals surface area contributed by atoms with E-state index < -0.39 is 0 Å². The lowest BCUT2D eigenvalue weighted by Gasteiger charge is -2.05. The van der Waals surface area contributed by atoms with Gasteiger partial charge in [-0.25, -0.2) is 0 Å². The van der Waals surface area contributed by atoms with E-state index >= 15 is 0 Å². The van der Waals surface area contributed by atoms with Crippen LogP contribution in [0, 0.1) is 0 Å². The molecular formula is C9H19ClO. The molecule has 0 radical (unpaired) electrons. The second-order valence-corrected chi connectivity index (χ2v) is 3.34. The molecule has 1 nitrogen and oxygen atoms in total. The molecule has 0 N–H and O–H groups in total. The van der Waals surface area contributed by atoms with Crippen LogP contribution in [0.15, 0.2) is 0 Å². The third-order valence-electron chi connectivity index (χ3n) is 1.79. The summed E-state index contributed by atoms with van der Waals surface area (Å²) >= 11 is 5.76. The first-order valence-corrected chi connectivity index (χ1v) is 4.91. The van der Waals surface area contributed by atoms with Crippen LogP contribution in [-0.4, -0.2) is 12.7 Å². The summed E-state index contributed by atoms with van der Waals surface area (Å²) in [6.45, 7) is 2.22. The summed E-state index contributed by atoms with van der Waals surface area (Å²) in [6, 6.07) is 0. The Morgan fingerprint density at radius 1 is 1.18 bits per heavy atom. The van der Waals surface area contributed by atoms with Gasteiger partial charge in [0.25, 0.3) is 0 Å². The average Bonchev–Trinajstić information content (AvgIpc) is 2.04. The minimum absolute atomic E-state index is 0.0726. The molecule has 0 aliphatic rings. The van der Waals surface area contributed by atoms with Gasteiger partial charge in [0, 0.05) is 7.11 Å². The molecule has 0 fully saturated rings. The molecule has 0 aromatic rings. The molecule has 11 heavy (non-hydrogen) atoms. The van der Waals surface area contributed by atoms with Crippen LogP contribution in [0.3, 0.4) is 0 Å². The third kappa shape index (κ3) is 8.15. The van der Waals surface area contributed by atoms with Crippen molar-refractivity contribution >= 4 is 11.6 Å². The van der Waals surface area contributed by atoms with Crippen molar-refractivity contribution in [2.24, 2.45) is 0 Å². The van der Waals surface area contributed by atoms with Gasteiger partial charge in [-0.05, 0) is 12.8 Å². The van der Waals surface area contributed by atoms with Crippen LogP contribution in [0.1, 0.15) is 45.4 Å². The molecule has 0 heterocycles. The van der Waals surface area contributed by atoms with Gasteiger partial charge >= 0.3 is 0 Å². The molecule has 0 aromatic heterocycles. The molecule has 0 aliphatic heterocycles. The van der Waals surface area contributed by atoms with Crippen LogP contribution in [-0.2, 0) is 4.74 Å². The monoisotopic (exact) mass is 178 g/mol. The lowest BCUT2D eigenvalue weighted by atomic mass is 10.1. The quantitative estimate of drug-likeness (QED) is 0.428. The molecule has 0 bridgehead atoms. The summed E-state index contributed by atoms with van der Waals surface area (Å²) in [7, 11) is 1.66. The lowest BCUT2D eigenvalue weighted by Crippen LogP contribution is -1.99. The third-order valence-corrected chi connectivity index (χ3v) is 2.19. The summed E-state index contributed by atoms with van der Waals surface area (Å²) < 4.78 is 4.92. The number of rotatable bonds is 7. The maximum atomic E-state index is 5.76. The molecule has 0 rings (SSSR count). The number of halogens is 1. The highest BCUT2D eigenvalue weighted by Crippen LogP contribution is 2.10. The van der Waals surface area contributed by atoms with Crippen molar-refractivity contribution in [2.45, 2.75) is 51.0 Å². The predicted octanol–water partition coefficient (Wildman–Crippen LogP) is 3.56. The predicted molar refractivity (Wildman–Crippen MR) is 50.0 cm³/mol. The van der Waals surface area contributed by atoms with Gasteiger partial charge in [-0.15, -0.1) is 0 Å². The van der Waals surface area contributed by atoms with Crippen LogP contribution in [0.5, 0.6) is 0 Å². The number of unbranched alkanes of at least 4 members (excludes halogenated alkanes) is 4. The van der Waals surface area contributed by atoms with Crippen molar-refractivity contribution in [1.29, 1.82) is 0 Å². The van der Waals surface area contributed by atoms with Gasteiger partial charge in [0.2, 0.25) is 0 Å². The Hall–Kier alpha value is 0.250. The Kier molecular flexibility index (Phi) is 8.54. The number of hydrogen-bond acceptors (Lipinski definition) is 1. The fourth-order valence-electron chi connectivity index (χ4n) is 1.03. The standard InChI is InChI=1S/C9H19ClO/c1-3-4-5-6-7-8-9(10)11-2/h9H,3-8H2,1-2H3. The van der Waals surface area contributed by atoms with Gasteiger partial charge in [0.05, 0.1) is 0 Å². The van der Waals surface area contributed by atoms with Crippen LogP contribution in [0.4, 0.5) is 0 Å². The van der Waals surface area contributed by atoms with E-state index in [9.17, 15) is 0 Å². The van der Waals surface area contributed by atoms with Gasteiger partial charge in [-0.3, -0.25) is 0 Å². The zero-order valence-electron chi connectivity index (χ0n) is 7.61. The first kappa shape index (κ1) is 11.2. The molecule has 1 atom stereocenters. The maximum absolute atomic E-state index is 5.76. The summed E-state index contributed by atoms with van der Waals surface area (Å²) in [5.41, 5.74) is -0.0726. The first-order chi connectivity index (χ1) is 5.31. The molecule has 0 aliphatic carbocycles. The number of ether oxygens (including phenoxy) is 1. The van der Waals surface area contributed by atoms with E-state index in [1.54, 1.807) is 7.11 Å². The fourth-order valence-corrected chi connectivity index (χ4v) is 1.18. The van der Waals surface area contributed by atoms with Crippen LogP contribution in [0.2, 0.25) is 0 Å². The number of hydrogen-bond donors (Lipinski definition) is 0. The molecule has 0 saturated heterocycles. The Bertz CT molecular complexity index is 76.0. The van der Waals surface area contributed by atoms with Crippen molar-refractivity contribution < 1.29 is 4.74 Å². The van der Waals surface area contributed by atoms with Gasteiger partial charge in [0.15, 0.2) is 0 Å². The zero-order chi connectivity index (χ0) is 8.53. The van der Waals surface area contributed by atoms with Gasteiger partial charge in [-0.2, -0.15) is 0 Å². The SMILES string of the molecule is CCCCCCCC(Cl)OC. The van der Waals surface area contributed by atoms with Crippen LogP contribution < -0.4 is 0 Å². The molecule has 68 valence electrons. The van der Waals surface area contributed by atoms with Crippen molar-refractivity contribution in [3.05, 3.63) is 0 Å². The molecular weight excluding hydrogens is 160 g/mol. The highest BCUT2D eigenvalue weighted by molar-refractivity contribution is 6.19. The van der Waals surface area contributed by atoms with E-state index in [4.69, 9.17) is 16.3 Å². The summed E-state index contributed by atoms with van der Waals surface area (Å²) in [5.74, 6) is 0. The molecule has 0 aromatic carbocycles. The van der Waals surface area contributed by atoms with E-state index in [1.807, 2.05) is 0 Å². The Labute approximate surface area is 75.1 Å². The normalized spacial score (nSPS) is 13.4. The molecule has 0 amide bonds. The van der Waals surface area contributed by atoms with Crippen molar-refractivity contribution in [3.8, 4) is 0 Å². The lowest BCUT2D eigenvalue weighted by molar-refractivity contribution is 0.157. The Balaban J connectivity index is 2.89. The zero-order valence-corrected chi connectivity index (χ0v) is 8.36. The highest BCUT2D eigenvalue weighted by atomic mass is 35.5. The molecule has 2 heteroatoms. The second kappa shape index (κ2) is 8.35.